The molecule has 0 aliphatic rings. The van der Waals surface area contributed by atoms with Crippen LogP contribution in [0, 0.1) is 0 Å². The van der Waals surface area contributed by atoms with Gasteiger partial charge in [0, 0.05) is 43.0 Å². The number of nitrogens with one attached hydrogen (secondary N) is 1. The number of imidazole rings is 1. The Hall–Kier alpha value is -3.35. The highest BCUT2D eigenvalue weighted by molar-refractivity contribution is 5.97. The predicted molar refractivity (Wildman–Crippen MR) is 92.1 cm³/mol. The third-order valence-corrected chi connectivity index (χ3v) is 3.76. The second kappa shape index (κ2) is 7.48. The molecule has 25 heavy (non-hydrogen) atoms. The van der Waals surface area contributed by atoms with Gasteiger partial charge in [-0.3, -0.25) is 9.78 Å². The number of hydrogen-bond donors (Lipinski definition) is 1. The first kappa shape index (κ1) is 16.5. The van der Waals surface area contributed by atoms with E-state index in [4.69, 9.17) is 9.47 Å². The van der Waals surface area contributed by atoms with Gasteiger partial charge in [0.05, 0.1) is 31.8 Å². The van der Waals surface area contributed by atoms with E-state index >= 15 is 0 Å². The number of methoxy groups -OCH3 is 2. The van der Waals surface area contributed by atoms with Gasteiger partial charge < -0.3 is 19.4 Å². The van der Waals surface area contributed by atoms with Crippen LogP contribution in [0.5, 0.6) is 11.5 Å². The van der Waals surface area contributed by atoms with E-state index in [0.29, 0.717) is 29.3 Å². The lowest BCUT2D eigenvalue weighted by Crippen LogP contribution is -2.24. The molecule has 0 spiro atoms. The number of nitrogens with zero attached hydrogens (tertiary/aromatic N) is 3. The lowest BCUT2D eigenvalue weighted by molar-refractivity contribution is 0.0950. The molecule has 1 N–H and O–H groups in total. The number of rotatable bonds is 6. The Kier molecular flexibility index (Phi) is 4.94. The van der Waals surface area contributed by atoms with Gasteiger partial charge in [-0.05, 0) is 18.2 Å². The molecule has 0 saturated heterocycles. The highest BCUT2D eigenvalue weighted by Gasteiger charge is 2.14. The molecule has 0 saturated carbocycles. The second-order valence-electron chi connectivity index (χ2n) is 5.22. The van der Waals surface area contributed by atoms with Gasteiger partial charge in [-0.15, -0.1) is 0 Å². The van der Waals surface area contributed by atoms with Crippen LogP contribution in [0.3, 0.4) is 0 Å². The summed E-state index contributed by atoms with van der Waals surface area (Å²) in [5.41, 5.74) is 2.03. The minimum absolute atomic E-state index is 0.227. The topological polar surface area (TPSA) is 78.3 Å². The molecule has 0 aliphatic carbocycles. The standard InChI is InChI=1S/C18H18N4O3/c1-24-14-4-3-13(17(9-14)25-2)10-21-18(23)15-11-19-6-5-16(15)22-8-7-20-12-22/h3-9,11-12H,10H2,1-2H3,(H,21,23). The van der Waals surface area contributed by atoms with Crippen LogP contribution in [-0.4, -0.2) is 34.7 Å². The largest absolute Gasteiger partial charge is 0.497 e. The smallest absolute Gasteiger partial charge is 0.255 e. The number of carbonyl (C=O) groups excluding carboxylic acids is 1. The minimum atomic E-state index is -0.227. The highest BCUT2D eigenvalue weighted by Crippen LogP contribution is 2.24. The Morgan fingerprint density at radius 2 is 2.04 bits per heavy atom. The maximum atomic E-state index is 12.6. The zero-order valence-corrected chi connectivity index (χ0v) is 14.0. The quantitative estimate of drug-likeness (QED) is 0.745. The number of pyridine rings is 1. The van der Waals surface area contributed by atoms with Crippen molar-refractivity contribution in [3.05, 3.63) is 66.5 Å². The summed E-state index contributed by atoms with van der Waals surface area (Å²) in [6.07, 6.45) is 8.25. The third-order valence-electron chi connectivity index (χ3n) is 3.76. The van der Waals surface area contributed by atoms with Crippen LogP contribution in [0.1, 0.15) is 15.9 Å². The summed E-state index contributed by atoms with van der Waals surface area (Å²) in [7, 11) is 3.18. The van der Waals surface area contributed by atoms with Crippen molar-refractivity contribution >= 4 is 5.91 Å². The summed E-state index contributed by atoms with van der Waals surface area (Å²) in [5.74, 6) is 1.12. The Bertz CT molecular complexity index is 863. The molecule has 0 unspecified atom stereocenters. The van der Waals surface area contributed by atoms with Crippen molar-refractivity contribution in [2.75, 3.05) is 14.2 Å². The maximum absolute atomic E-state index is 12.6. The fourth-order valence-corrected chi connectivity index (χ4v) is 2.46. The van der Waals surface area contributed by atoms with Crippen LogP contribution in [0.2, 0.25) is 0 Å². The molecule has 7 heteroatoms. The van der Waals surface area contributed by atoms with Crippen LogP contribution >= 0.6 is 0 Å². The zero-order chi connectivity index (χ0) is 17.6. The van der Waals surface area contributed by atoms with Crippen LogP contribution in [0.25, 0.3) is 5.69 Å². The average Bonchev–Trinajstić information content (AvgIpc) is 3.20. The number of amides is 1. The van der Waals surface area contributed by atoms with Gasteiger partial charge in [0.2, 0.25) is 0 Å². The van der Waals surface area contributed by atoms with Gasteiger partial charge in [0.1, 0.15) is 11.5 Å². The Labute approximate surface area is 145 Å². The van der Waals surface area contributed by atoms with Gasteiger partial charge in [0.15, 0.2) is 0 Å². The van der Waals surface area contributed by atoms with E-state index in [1.165, 1.54) is 6.20 Å². The molecular weight excluding hydrogens is 320 g/mol. The van der Waals surface area contributed by atoms with Gasteiger partial charge in [-0.25, -0.2) is 4.98 Å². The molecule has 1 aromatic carbocycles. The van der Waals surface area contributed by atoms with Crippen molar-refractivity contribution in [2.45, 2.75) is 6.54 Å². The van der Waals surface area contributed by atoms with E-state index < -0.39 is 0 Å². The van der Waals surface area contributed by atoms with E-state index in [0.717, 1.165) is 5.56 Å². The third kappa shape index (κ3) is 3.60. The number of aromatic nitrogens is 3. The average molecular weight is 338 g/mol. The highest BCUT2D eigenvalue weighted by atomic mass is 16.5. The molecule has 3 aromatic rings. The summed E-state index contributed by atoms with van der Waals surface area (Å²) in [5, 5.41) is 2.90. The maximum Gasteiger partial charge on any atom is 0.255 e. The van der Waals surface area contributed by atoms with E-state index in [9.17, 15) is 4.79 Å². The first-order chi connectivity index (χ1) is 12.2. The van der Waals surface area contributed by atoms with Crippen molar-refractivity contribution in [1.82, 2.24) is 19.9 Å². The molecule has 2 heterocycles. The van der Waals surface area contributed by atoms with Crippen molar-refractivity contribution in [2.24, 2.45) is 0 Å². The summed E-state index contributed by atoms with van der Waals surface area (Å²) in [6.45, 7) is 0.324. The molecule has 0 atom stereocenters. The van der Waals surface area contributed by atoms with E-state index in [-0.39, 0.29) is 5.91 Å². The van der Waals surface area contributed by atoms with E-state index in [1.54, 1.807) is 55.8 Å². The predicted octanol–water partition coefficient (Wildman–Crippen LogP) is 2.21. The normalized spacial score (nSPS) is 10.3. The summed E-state index contributed by atoms with van der Waals surface area (Å²) in [6, 6.07) is 7.23. The van der Waals surface area contributed by atoms with Gasteiger partial charge >= 0.3 is 0 Å². The van der Waals surface area contributed by atoms with Crippen LogP contribution in [-0.2, 0) is 6.54 Å². The monoisotopic (exact) mass is 338 g/mol. The summed E-state index contributed by atoms with van der Waals surface area (Å²) >= 11 is 0. The van der Waals surface area contributed by atoms with E-state index in [1.807, 2.05) is 12.1 Å². The summed E-state index contributed by atoms with van der Waals surface area (Å²) < 4.78 is 12.3. The first-order valence-corrected chi connectivity index (χ1v) is 7.64. The van der Waals surface area contributed by atoms with Crippen molar-refractivity contribution in [1.29, 1.82) is 0 Å². The number of carbonyl (C=O) groups is 1. The van der Waals surface area contributed by atoms with E-state index in [2.05, 4.69) is 15.3 Å². The van der Waals surface area contributed by atoms with Crippen LogP contribution < -0.4 is 14.8 Å². The second-order valence-corrected chi connectivity index (χ2v) is 5.22. The van der Waals surface area contributed by atoms with Crippen molar-refractivity contribution in [3.8, 4) is 17.2 Å². The molecule has 128 valence electrons. The molecule has 0 fully saturated rings. The Balaban J connectivity index is 1.78. The molecule has 7 nitrogen and oxygen atoms in total. The molecule has 0 bridgehead atoms. The zero-order valence-electron chi connectivity index (χ0n) is 14.0. The minimum Gasteiger partial charge on any atom is -0.497 e. The fraction of sp³-hybridized carbons (Fsp3) is 0.167. The lowest BCUT2D eigenvalue weighted by Gasteiger charge is -2.13. The Morgan fingerprint density at radius 1 is 1.16 bits per heavy atom. The van der Waals surface area contributed by atoms with Crippen molar-refractivity contribution in [3.63, 3.8) is 0 Å². The molecule has 1 amide bonds. The molecule has 0 radical (unpaired) electrons. The molecule has 2 aromatic heterocycles. The molecule has 0 aliphatic heterocycles. The van der Waals surface area contributed by atoms with Crippen LogP contribution in [0.15, 0.2) is 55.4 Å². The number of hydrogen-bond acceptors (Lipinski definition) is 5. The molecule has 3 rings (SSSR count). The first-order valence-electron chi connectivity index (χ1n) is 7.64. The molecular formula is C18H18N4O3. The lowest BCUT2D eigenvalue weighted by atomic mass is 10.1. The Morgan fingerprint density at radius 3 is 2.76 bits per heavy atom. The summed E-state index contributed by atoms with van der Waals surface area (Å²) in [4.78, 5) is 20.7. The van der Waals surface area contributed by atoms with Gasteiger partial charge in [-0.1, -0.05) is 0 Å². The van der Waals surface area contributed by atoms with Crippen molar-refractivity contribution < 1.29 is 14.3 Å². The van der Waals surface area contributed by atoms with Gasteiger partial charge in [-0.2, -0.15) is 0 Å². The SMILES string of the molecule is COc1ccc(CNC(=O)c2cnccc2-n2ccnc2)c(OC)c1. The number of ether oxygens (including phenoxy) is 2. The van der Waals surface area contributed by atoms with Gasteiger partial charge in [0.25, 0.3) is 5.91 Å². The fourth-order valence-electron chi connectivity index (χ4n) is 2.46. The van der Waals surface area contributed by atoms with Crippen LogP contribution in [0.4, 0.5) is 0 Å². The number of benzene rings is 1.